The Labute approximate surface area is 156 Å². The van der Waals surface area contributed by atoms with Crippen LogP contribution in [0.2, 0.25) is 0 Å². The van der Waals surface area contributed by atoms with Gasteiger partial charge in [0.25, 0.3) is 0 Å². The first kappa shape index (κ1) is 19.8. The summed E-state index contributed by atoms with van der Waals surface area (Å²) < 4.78 is 34.0. The molecule has 0 unspecified atom stereocenters. The number of hydrogen-bond acceptors (Lipinski definition) is 6. The van der Waals surface area contributed by atoms with Crippen LogP contribution in [0, 0.1) is 17.1 Å². The fraction of sp³-hybridized carbons (Fsp3) is 0.200. The molecule has 0 aliphatic heterocycles. The van der Waals surface area contributed by atoms with E-state index in [4.69, 9.17) is 24.2 Å². The van der Waals surface area contributed by atoms with Gasteiger partial charge in [0.05, 0.1) is 14.2 Å². The largest absolute Gasteiger partial charge is 0.496 e. The summed E-state index contributed by atoms with van der Waals surface area (Å²) in [5.74, 6) is 0.265. The van der Waals surface area contributed by atoms with Crippen molar-refractivity contribution < 1.29 is 28.1 Å². The zero-order chi connectivity index (χ0) is 19.6. The number of nitriles is 1. The molecule has 0 fully saturated rings. The van der Waals surface area contributed by atoms with Crippen molar-refractivity contribution >= 4 is 12.0 Å². The first-order valence-electron chi connectivity index (χ1n) is 7.92. The summed E-state index contributed by atoms with van der Waals surface area (Å²) in [6.45, 7) is -0.213. The van der Waals surface area contributed by atoms with Crippen LogP contribution >= 0.6 is 0 Å². The molecule has 0 heterocycles. The number of rotatable bonds is 8. The Kier molecular flexibility index (Phi) is 7.20. The minimum absolute atomic E-state index is 0.0958. The fourth-order valence-electron chi connectivity index (χ4n) is 2.24. The minimum atomic E-state index is -0.593. The second kappa shape index (κ2) is 9.82. The molecule has 0 amide bonds. The zero-order valence-corrected chi connectivity index (χ0v) is 14.9. The van der Waals surface area contributed by atoms with Gasteiger partial charge < -0.3 is 18.9 Å². The van der Waals surface area contributed by atoms with Crippen LogP contribution < -0.4 is 14.2 Å². The fourth-order valence-corrected chi connectivity index (χ4v) is 2.24. The topological polar surface area (TPSA) is 77.8 Å². The van der Waals surface area contributed by atoms with Crippen LogP contribution in [-0.2, 0) is 16.1 Å². The van der Waals surface area contributed by atoms with E-state index in [0.29, 0.717) is 28.4 Å². The highest BCUT2D eigenvalue weighted by atomic mass is 19.1. The molecular weight excluding hydrogens is 353 g/mol. The Hall–Kier alpha value is -3.53. The smallest absolute Gasteiger partial charge is 0.331 e. The van der Waals surface area contributed by atoms with E-state index in [1.807, 2.05) is 6.07 Å². The van der Waals surface area contributed by atoms with E-state index >= 15 is 0 Å². The third-order valence-electron chi connectivity index (χ3n) is 3.50. The number of halogens is 1. The highest BCUT2D eigenvalue weighted by molar-refractivity contribution is 5.87. The van der Waals surface area contributed by atoms with E-state index in [9.17, 15) is 9.18 Å². The molecule has 0 saturated carbocycles. The molecule has 0 bridgehead atoms. The average molecular weight is 371 g/mol. The van der Waals surface area contributed by atoms with Gasteiger partial charge in [-0.1, -0.05) is 6.07 Å². The zero-order valence-electron chi connectivity index (χ0n) is 14.9. The number of benzene rings is 2. The normalized spacial score (nSPS) is 10.3. The van der Waals surface area contributed by atoms with Crippen LogP contribution in [0.5, 0.6) is 17.2 Å². The molecule has 0 radical (unpaired) electrons. The SMILES string of the molecule is COc1ccc(F)cc1COC(=O)/C=C/c1ccc(OCC#N)c(OC)c1. The van der Waals surface area contributed by atoms with Crippen molar-refractivity contribution in [3.63, 3.8) is 0 Å². The Bertz CT molecular complexity index is 873. The van der Waals surface area contributed by atoms with E-state index in [-0.39, 0.29) is 13.2 Å². The van der Waals surface area contributed by atoms with Crippen molar-refractivity contribution in [3.05, 3.63) is 59.4 Å². The third-order valence-corrected chi connectivity index (χ3v) is 3.50. The van der Waals surface area contributed by atoms with Crippen LogP contribution in [0.3, 0.4) is 0 Å². The van der Waals surface area contributed by atoms with Gasteiger partial charge >= 0.3 is 5.97 Å². The molecule has 7 heteroatoms. The summed E-state index contributed by atoms with van der Waals surface area (Å²) in [4.78, 5) is 11.9. The molecule has 2 rings (SSSR count). The maximum Gasteiger partial charge on any atom is 0.331 e. The summed E-state index contributed by atoms with van der Waals surface area (Å²) >= 11 is 0. The average Bonchev–Trinajstić information content (AvgIpc) is 2.69. The van der Waals surface area contributed by atoms with E-state index in [1.165, 1.54) is 38.5 Å². The summed E-state index contributed by atoms with van der Waals surface area (Å²) in [6.07, 6.45) is 2.79. The Morgan fingerprint density at radius 3 is 2.56 bits per heavy atom. The highest BCUT2D eigenvalue weighted by Gasteiger charge is 2.08. The number of carbonyl (C=O) groups excluding carboxylic acids is 1. The monoisotopic (exact) mass is 371 g/mol. The van der Waals surface area contributed by atoms with Gasteiger partial charge in [0.15, 0.2) is 18.1 Å². The maximum absolute atomic E-state index is 13.3. The van der Waals surface area contributed by atoms with Crippen LogP contribution in [0.4, 0.5) is 4.39 Å². The summed E-state index contributed by atoms with van der Waals surface area (Å²) in [6, 6.07) is 10.9. The van der Waals surface area contributed by atoms with Gasteiger partial charge in [-0.2, -0.15) is 5.26 Å². The van der Waals surface area contributed by atoms with E-state index in [2.05, 4.69) is 0 Å². The number of esters is 1. The molecule has 2 aromatic rings. The van der Waals surface area contributed by atoms with Gasteiger partial charge in [-0.25, -0.2) is 9.18 Å². The lowest BCUT2D eigenvalue weighted by Crippen LogP contribution is -2.03. The van der Waals surface area contributed by atoms with Crippen molar-refractivity contribution in [1.29, 1.82) is 5.26 Å². The van der Waals surface area contributed by atoms with E-state index in [0.717, 1.165) is 0 Å². The standard InChI is InChI=1S/C20H18FNO5/c1-24-17-7-5-16(21)12-15(17)13-27-20(23)8-4-14-3-6-18(26-10-9-22)19(11-14)25-2/h3-8,11-12H,10,13H2,1-2H3/b8-4+. The van der Waals surface area contributed by atoms with Gasteiger partial charge in [0.1, 0.15) is 24.2 Å². The lowest BCUT2D eigenvalue weighted by molar-refractivity contribution is -0.138. The molecule has 0 aromatic heterocycles. The molecule has 140 valence electrons. The van der Waals surface area contributed by atoms with Crippen LogP contribution in [0.25, 0.3) is 6.08 Å². The summed E-state index contributed by atoms with van der Waals surface area (Å²) in [5, 5.41) is 8.57. The van der Waals surface area contributed by atoms with Crippen molar-refractivity contribution in [1.82, 2.24) is 0 Å². The first-order valence-corrected chi connectivity index (χ1v) is 7.92. The molecule has 0 atom stereocenters. The maximum atomic E-state index is 13.3. The van der Waals surface area contributed by atoms with Gasteiger partial charge in [-0.3, -0.25) is 0 Å². The molecule has 6 nitrogen and oxygen atoms in total. The molecule has 0 N–H and O–H groups in total. The molecule has 2 aromatic carbocycles. The van der Waals surface area contributed by atoms with Crippen molar-refractivity contribution in [2.75, 3.05) is 20.8 Å². The highest BCUT2D eigenvalue weighted by Crippen LogP contribution is 2.28. The van der Waals surface area contributed by atoms with Crippen LogP contribution in [-0.4, -0.2) is 26.8 Å². The van der Waals surface area contributed by atoms with Crippen molar-refractivity contribution in [2.45, 2.75) is 6.61 Å². The predicted molar refractivity (Wildman–Crippen MR) is 95.9 cm³/mol. The molecule has 0 spiro atoms. The van der Waals surface area contributed by atoms with E-state index in [1.54, 1.807) is 24.3 Å². The molecule has 0 saturated heterocycles. The third kappa shape index (κ3) is 5.75. The lowest BCUT2D eigenvalue weighted by Gasteiger charge is -2.09. The lowest BCUT2D eigenvalue weighted by atomic mass is 10.2. The second-order valence-electron chi connectivity index (χ2n) is 5.25. The van der Waals surface area contributed by atoms with Gasteiger partial charge in [0.2, 0.25) is 0 Å². The molecule has 27 heavy (non-hydrogen) atoms. The number of nitrogens with zero attached hydrogens (tertiary/aromatic N) is 1. The molecule has 0 aliphatic rings. The number of carbonyl (C=O) groups is 1. The Balaban J connectivity index is 2.00. The quantitative estimate of drug-likeness (QED) is 0.522. The predicted octanol–water partition coefficient (Wildman–Crippen LogP) is 3.50. The van der Waals surface area contributed by atoms with Crippen molar-refractivity contribution in [3.8, 4) is 23.3 Å². The first-order chi connectivity index (χ1) is 13.1. The summed E-state index contributed by atoms with van der Waals surface area (Å²) in [5.41, 5.74) is 1.11. The number of hydrogen-bond donors (Lipinski definition) is 0. The number of ether oxygens (including phenoxy) is 4. The Morgan fingerprint density at radius 1 is 1.11 bits per heavy atom. The number of methoxy groups -OCH3 is 2. The van der Waals surface area contributed by atoms with Gasteiger partial charge in [0, 0.05) is 11.6 Å². The summed E-state index contributed by atoms with van der Waals surface area (Å²) in [7, 11) is 2.93. The second-order valence-corrected chi connectivity index (χ2v) is 5.25. The van der Waals surface area contributed by atoms with Crippen LogP contribution in [0.1, 0.15) is 11.1 Å². The van der Waals surface area contributed by atoms with Gasteiger partial charge in [-0.15, -0.1) is 0 Å². The molecule has 0 aliphatic carbocycles. The Morgan fingerprint density at radius 2 is 1.85 bits per heavy atom. The van der Waals surface area contributed by atoms with E-state index < -0.39 is 11.8 Å². The molecular formula is C20H18FNO5. The van der Waals surface area contributed by atoms with Gasteiger partial charge in [-0.05, 0) is 42.0 Å². The van der Waals surface area contributed by atoms with Crippen LogP contribution in [0.15, 0.2) is 42.5 Å². The minimum Gasteiger partial charge on any atom is -0.496 e. The van der Waals surface area contributed by atoms with Crippen molar-refractivity contribution in [2.24, 2.45) is 0 Å².